The Labute approximate surface area is 126 Å². The first-order valence-corrected chi connectivity index (χ1v) is 6.83. The minimum absolute atomic E-state index is 0.619. The van der Waals surface area contributed by atoms with Gasteiger partial charge in [-0.15, -0.1) is 0 Å². The number of halogens is 1. The minimum Gasteiger partial charge on any atom is -0.370 e. The Kier molecular flexibility index (Phi) is 4.40. The van der Waals surface area contributed by atoms with E-state index in [2.05, 4.69) is 33.0 Å². The average Bonchev–Trinajstić information content (AvgIpc) is 2.47. The van der Waals surface area contributed by atoms with Crippen molar-refractivity contribution in [3.8, 4) is 12.1 Å². The van der Waals surface area contributed by atoms with Crippen molar-refractivity contribution in [2.45, 2.75) is 6.54 Å². The molecule has 98 valence electrons. The molecule has 0 spiro atoms. The summed E-state index contributed by atoms with van der Waals surface area (Å²) in [7, 11) is 1.98. The van der Waals surface area contributed by atoms with E-state index in [1.807, 2.05) is 37.4 Å². The maximum atomic E-state index is 8.92. The molecule has 2 aromatic rings. The standard InChI is InChI=1S/C16H12BrN3/c1-20(11-13-4-2-3-12(7-13)9-18)15-6-5-14(10-19)16(17)8-15/h2-8H,11H2,1H3. The van der Waals surface area contributed by atoms with E-state index >= 15 is 0 Å². The summed E-state index contributed by atoms with van der Waals surface area (Å²) in [5.74, 6) is 0. The van der Waals surface area contributed by atoms with Crippen LogP contribution in [0.5, 0.6) is 0 Å². The molecule has 0 aliphatic rings. The lowest BCUT2D eigenvalue weighted by atomic mass is 10.1. The Bertz CT molecular complexity index is 710. The van der Waals surface area contributed by atoms with E-state index in [9.17, 15) is 0 Å². The fourth-order valence-electron chi connectivity index (χ4n) is 1.94. The summed E-state index contributed by atoms with van der Waals surface area (Å²) in [6.45, 7) is 0.702. The maximum Gasteiger partial charge on any atom is 0.100 e. The van der Waals surface area contributed by atoms with Crippen LogP contribution in [0.1, 0.15) is 16.7 Å². The average molecular weight is 326 g/mol. The van der Waals surface area contributed by atoms with Gasteiger partial charge in [-0.2, -0.15) is 10.5 Å². The second-order valence-corrected chi connectivity index (χ2v) is 5.30. The van der Waals surface area contributed by atoms with Crippen LogP contribution in [0, 0.1) is 22.7 Å². The fourth-order valence-corrected chi connectivity index (χ4v) is 2.39. The first-order valence-electron chi connectivity index (χ1n) is 6.04. The molecule has 0 aliphatic carbocycles. The lowest BCUT2D eigenvalue weighted by molar-refractivity contribution is 0.922. The van der Waals surface area contributed by atoms with Crippen molar-refractivity contribution in [2.24, 2.45) is 0 Å². The molecule has 0 unspecified atom stereocenters. The van der Waals surface area contributed by atoms with Crippen LogP contribution in [0.3, 0.4) is 0 Å². The van der Waals surface area contributed by atoms with Crippen LogP contribution in [0.4, 0.5) is 5.69 Å². The number of anilines is 1. The van der Waals surface area contributed by atoms with Gasteiger partial charge >= 0.3 is 0 Å². The van der Waals surface area contributed by atoms with Crippen molar-refractivity contribution < 1.29 is 0 Å². The van der Waals surface area contributed by atoms with Gasteiger partial charge in [0.15, 0.2) is 0 Å². The molecule has 0 radical (unpaired) electrons. The second kappa shape index (κ2) is 6.23. The summed E-state index contributed by atoms with van der Waals surface area (Å²) in [4.78, 5) is 2.07. The van der Waals surface area contributed by atoms with E-state index in [-0.39, 0.29) is 0 Å². The van der Waals surface area contributed by atoms with Crippen molar-refractivity contribution in [1.82, 2.24) is 0 Å². The van der Waals surface area contributed by atoms with E-state index in [0.717, 1.165) is 15.7 Å². The molecule has 0 fully saturated rings. The van der Waals surface area contributed by atoms with Crippen LogP contribution in [0.15, 0.2) is 46.9 Å². The van der Waals surface area contributed by atoms with Gasteiger partial charge in [0.2, 0.25) is 0 Å². The molecule has 20 heavy (non-hydrogen) atoms. The second-order valence-electron chi connectivity index (χ2n) is 4.44. The van der Waals surface area contributed by atoms with Gasteiger partial charge in [-0.25, -0.2) is 0 Å². The predicted octanol–water partition coefficient (Wildman–Crippen LogP) is 3.83. The third-order valence-corrected chi connectivity index (χ3v) is 3.65. The van der Waals surface area contributed by atoms with E-state index < -0.39 is 0 Å². The van der Waals surface area contributed by atoms with Crippen LogP contribution in [0.2, 0.25) is 0 Å². The van der Waals surface area contributed by atoms with Crippen LogP contribution in [-0.4, -0.2) is 7.05 Å². The van der Waals surface area contributed by atoms with Gasteiger partial charge < -0.3 is 4.90 Å². The fraction of sp³-hybridized carbons (Fsp3) is 0.125. The summed E-state index contributed by atoms with van der Waals surface area (Å²) in [5, 5.41) is 17.8. The Hall–Kier alpha value is -2.30. The Balaban J connectivity index is 2.20. The molecule has 0 saturated heterocycles. The zero-order valence-corrected chi connectivity index (χ0v) is 12.6. The highest BCUT2D eigenvalue weighted by molar-refractivity contribution is 9.10. The highest BCUT2D eigenvalue weighted by Crippen LogP contribution is 2.24. The number of benzene rings is 2. The summed E-state index contributed by atoms with van der Waals surface area (Å²) in [5.41, 5.74) is 3.37. The SMILES string of the molecule is CN(Cc1cccc(C#N)c1)c1ccc(C#N)c(Br)c1. The molecular weight excluding hydrogens is 314 g/mol. The van der Waals surface area contributed by atoms with Crippen LogP contribution < -0.4 is 4.90 Å². The zero-order valence-electron chi connectivity index (χ0n) is 11.0. The lowest BCUT2D eigenvalue weighted by Crippen LogP contribution is -2.16. The van der Waals surface area contributed by atoms with Gasteiger partial charge in [0.25, 0.3) is 0 Å². The highest BCUT2D eigenvalue weighted by atomic mass is 79.9. The molecule has 0 aliphatic heterocycles. The van der Waals surface area contributed by atoms with Gasteiger partial charge in [-0.3, -0.25) is 0 Å². The third kappa shape index (κ3) is 3.17. The van der Waals surface area contributed by atoms with Gasteiger partial charge in [-0.1, -0.05) is 12.1 Å². The highest BCUT2D eigenvalue weighted by Gasteiger charge is 2.06. The number of rotatable bonds is 3. The van der Waals surface area contributed by atoms with Crippen LogP contribution in [-0.2, 0) is 6.54 Å². The molecular formula is C16H12BrN3. The van der Waals surface area contributed by atoms with Crippen molar-refractivity contribution in [3.63, 3.8) is 0 Å². The van der Waals surface area contributed by atoms with E-state index in [1.165, 1.54) is 0 Å². The number of nitrogens with zero attached hydrogens (tertiary/aromatic N) is 3. The Morgan fingerprint density at radius 2 is 1.90 bits per heavy atom. The number of nitriles is 2. The molecule has 0 amide bonds. The topological polar surface area (TPSA) is 50.8 Å². The summed E-state index contributed by atoms with van der Waals surface area (Å²) in [6.07, 6.45) is 0. The van der Waals surface area contributed by atoms with Crippen molar-refractivity contribution in [1.29, 1.82) is 10.5 Å². The van der Waals surface area contributed by atoms with Crippen LogP contribution >= 0.6 is 15.9 Å². The molecule has 0 bridgehead atoms. The summed E-state index contributed by atoms with van der Waals surface area (Å²) < 4.78 is 0.787. The van der Waals surface area contributed by atoms with Crippen molar-refractivity contribution >= 4 is 21.6 Å². The Morgan fingerprint density at radius 3 is 2.55 bits per heavy atom. The third-order valence-electron chi connectivity index (χ3n) is 2.99. The van der Waals surface area contributed by atoms with Gasteiger partial charge in [0.05, 0.1) is 17.2 Å². The molecule has 0 saturated carbocycles. The summed E-state index contributed by atoms with van der Waals surface area (Å²) in [6, 6.07) is 17.5. The van der Waals surface area contributed by atoms with E-state index in [1.54, 1.807) is 12.1 Å². The maximum absolute atomic E-state index is 8.92. The van der Waals surface area contributed by atoms with E-state index in [0.29, 0.717) is 17.7 Å². The molecule has 4 heteroatoms. The lowest BCUT2D eigenvalue weighted by Gasteiger charge is -2.20. The van der Waals surface area contributed by atoms with Gasteiger partial charge in [-0.05, 0) is 51.8 Å². The first kappa shape index (κ1) is 14.1. The molecule has 0 atom stereocenters. The van der Waals surface area contributed by atoms with Gasteiger partial charge in [0.1, 0.15) is 6.07 Å². The zero-order chi connectivity index (χ0) is 14.5. The van der Waals surface area contributed by atoms with Crippen LogP contribution in [0.25, 0.3) is 0 Å². The van der Waals surface area contributed by atoms with E-state index in [4.69, 9.17) is 10.5 Å². The van der Waals surface area contributed by atoms with Gasteiger partial charge in [0, 0.05) is 23.8 Å². The molecule has 0 N–H and O–H groups in total. The summed E-state index contributed by atoms with van der Waals surface area (Å²) >= 11 is 3.39. The molecule has 2 aromatic carbocycles. The van der Waals surface area contributed by atoms with Crippen molar-refractivity contribution in [3.05, 3.63) is 63.6 Å². The molecule has 0 heterocycles. The smallest absolute Gasteiger partial charge is 0.100 e. The molecule has 3 nitrogen and oxygen atoms in total. The monoisotopic (exact) mass is 325 g/mol. The number of hydrogen-bond donors (Lipinski definition) is 0. The molecule has 0 aromatic heterocycles. The minimum atomic E-state index is 0.619. The quantitative estimate of drug-likeness (QED) is 0.861. The molecule has 2 rings (SSSR count). The first-order chi connectivity index (χ1) is 9.63. The van der Waals surface area contributed by atoms with Crippen molar-refractivity contribution in [2.75, 3.05) is 11.9 Å². The number of hydrogen-bond acceptors (Lipinski definition) is 3. The predicted molar refractivity (Wildman–Crippen MR) is 82.1 cm³/mol. The Morgan fingerprint density at radius 1 is 1.10 bits per heavy atom. The normalized spacial score (nSPS) is 9.60. The largest absolute Gasteiger partial charge is 0.370 e.